The Labute approximate surface area is 142 Å². The molecule has 1 N–H and O–H groups in total. The molecule has 0 aliphatic heterocycles. The normalized spacial score (nSPS) is 10.4. The largest absolute Gasteiger partial charge is 0.478 e. The predicted molar refractivity (Wildman–Crippen MR) is 94.0 cm³/mol. The lowest BCUT2D eigenvalue weighted by atomic mass is 10.0. The number of carboxylic acid groups (broad SMARTS) is 1. The lowest BCUT2D eigenvalue weighted by Gasteiger charge is -2.18. The molecular formula is C20H23NO3. The van der Waals surface area contributed by atoms with Crippen molar-refractivity contribution in [3.63, 3.8) is 0 Å². The van der Waals surface area contributed by atoms with Crippen LogP contribution in [0.2, 0.25) is 0 Å². The molecule has 4 heteroatoms. The number of benzene rings is 2. The first-order chi connectivity index (χ1) is 11.5. The van der Waals surface area contributed by atoms with Crippen LogP contribution in [0.4, 0.5) is 0 Å². The van der Waals surface area contributed by atoms with E-state index in [2.05, 4.69) is 19.1 Å². The van der Waals surface area contributed by atoms with Crippen molar-refractivity contribution in [3.8, 4) is 0 Å². The molecule has 0 aromatic heterocycles. The van der Waals surface area contributed by atoms with Gasteiger partial charge in [-0.15, -0.1) is 0 Å². The summed E-state index contributed by atoms with van der Waals surface area (Å²) in [5.41, 5.74) is 3.33. The van der Waals surface area contributed by atoms with Gasteiger partial charge in [0.05, 0.1) is 5.56 Å². The van der Waals surface area contributed by atoms with Crippen LogP contribution in [0.25, 0.3) is 0 Å². The first kappa shape index (κ1) is 17.7. The van der Waals surface area contributed by atoms with Gasteiger partial charge < -0.3 is 10.0 Å². The topological polar surface area (TPSA) is 57.6 Å². The van der Waals surface area contributed by atoms with E-state index in [1.54, 1.807) is 36.2 Å². The van der Waals surface area contributed by atoms with E-state index in [4.69, 9.17) is 0 Å². The van der Waals surface area contributed by atoms with Crippen LogP contribution in [0.1, 0.15) is 40.4 Å². The summed E-state index contributed by atoms with van der Waals surface area (Å²) in [6.07, 6.45) is 1.73. The molecule has 0 heterocycles. The zero-order valence-electron chi connectivity index (χ0n) is 14.2. The van der Waals surface area contributed by atoms with Crippen molar-refractivity contribution < 1.29 is 14.7 Å². The number of aromatic carboxylic acids is 1. The van der Waals surface area contributed by atoms with Crippen LogP contribution in [0, 0.1) is 0 Å². The highest BCUT2D eigenvalue weighted by Crippen LogP contribution is 2.13. The van der Waals surface area contributed by atoms with Gasteiger partial charge >= 0.3 is 5.97 Å². The standard InChI is InChI=1S/C20H23NO3/c1-3-15-8-10-16(11-9-15)14-21(2)19(22)13-12-17-6-4-5-7-18(17)20(23)24/h4-11H,3,12-14H2,1-2H3,(H,23,24). The minimum Gasteiger partial charge on any atom is -0.478 e. The van der Waals surface area contributed by atoms with E-state index in [9.17, 15) is 14.7 Å². The molecule has 0 fully saturated rings. The van der Waals surface area contributed by atoms with Gasteiger partial charge in [-0.1, -0.05) is 49.4 Å². The molecular weight excluding hydrogens is 302 g/mol. The third-order valence-electron chi connectivity index (χ3n) is 4.13. The molecule has 0 aliphatic carbocycles. The smallest absolute Gasteiger partial charge is 0.335 e. The first-order valence-electron chi connectivity index (χ1n) is 8.14. The van der Waals surface area contributed by atoms with Crippen molar-refractivity contribution in [1.29, 1.82) is 0 Å². The van der Waals surface area contributed by atoms with E-state index >= 15 is 0 Å². The molecule has 0 bridgehead atoms. The second kappa shape index (κ2) is 8.29. The van der Waals surface area contributed by atoms with E-state index < -0.39 is 5.97 Å². The summed E-state index contributed by atoms with van der Waals surface area (Å²) < 4.78 is 0. The minimum atomic E-state index is -0.956. The molecule has 0 saturated heterocycles. The average Bonchev–Trinajstić information content (AvgIpc) is 2.60. The van der Waals surface area contributed by atoms with E-state index in [1.807, 2.05) is 12.1 Å². The van der Waals surface area contributed by atoms with Gasteiger partial charge in [0.1, 0.15) is 0 Å². The third-order valence-corrected chi connectivity index (χ3v) is 4.13. The van der Waals surface area contributed by atoms with Crippen molar-refractivity contribution in [2.75, 3.05) is 7.05 Å². The van der Waals surface area contributed by atoms with Crippen molar-refractivity contribution in [1.82, 2.24) is 4.90 Å². The zero-order valence-corrected chi connectivity index (χ0v) is 14.2. The molecule has 0 aliphatic rings. The fourth-order valence-corrected chi connectivity index (χ4v) is 2.62. The van der Waals surface area contributed by atoms with Crippen LogP contribution < -0.4 is 0 Å². The summed E-state index contributed by atoms with van der Waals surface area (Å²) in [5, 5.41) is 9.18. The molecule has 0 spiro atoms. The van der Waals surface area contributed by atoms with Gasteiger partial charge in [-0.05, 0) is 35.6 Å². The van der Waals surface area contributed by atoms with Crippen LogP contribution in [0.3, 0.4) is 0 Å². The molecule has 2 rings (SSSR count). The molecule has 24 heavy (non-hydrogen) atoms. The highest BCUT2D eigenvalue weighted by molar-refractivity contribution is 5.89. The Morgan fingerprint density at radius 3 is 2.25 bits per heavy atom. The van der Waals surface area contributed by atoms with Crippen LogP contribution in [0.15, 0.2) is 48.5 Å². The van der Waals surface area contributed by atoms with Gasteiger partial charge in [0.25, 0.3) is 0 Å². The summed E-state index contributed by atoms with van der Waals surface area (Å²) >= 11 is 0. The SMILES string of the molecule is CCc1ccc(CN(C)C(=O)CCc2ccccc2C(=O)O)cc1. The summed E-state index contributed by atoms with van der Waals surface area (Å²) in [6.45, 7) is 2.67. The van der Waals surface area contributed by atoms with E-state index in [1.165, 1.54) is 5.56 Å². The van der Waals surface area contributed by atoms with Gasteiger partial charge in [0.15, 0.2) is 0 Å². The van der Waals surface area contributed by atoms with Crippen LogP contribution in [0.5, 0.6) is 0 Å². The maximum Gasteiger partial charge on any atom is 0.335 e. The highest BCUT2D eigenvalue weighted by atomic mass is 16.4. The molecule has 0 atom stereocenters. The summed E-state index contributed by atoms with van der Waals surface area (Å²) in [4.78, 5) is 25.2. The Balaban J connectivity index is 1.93. The molecule has 1 amide bonds. The number of rotatable bonds is 7. The Kier molecular flexibility index (Phi) is 6.13. The Morgan fingerprint density at radius 1 is 1.00 bits per heavy atom. The summed E-state index contributed by atoms with van der Waals surface area (Å²) in [7, 11) is 1.78. The van der Waals surface area contributed by atoms with Gasteiger partial charge in [-0.2, -0.15) is 0 Å². The molecule has 4 nitrogen and oxygen atoms in total. The number of nitrogens with zero attached hydrogens (tertiary/aromatic N) is 1. The van der Waals surface area contributed by atoms with E-state index in [-0.39, 0.29) is 11.5 Å². The Bertz CT molecular complexity index is 707. The number of carbonyl (C=O) groups is 2. The fraction of sp³-hybridized carbons (Fsp3) is 0.300. The van der Waals surface area contributed by atoms with Crippen molar-refractivity contribution in [2.24, 2.45) is 0 Å². The lowest BCUT2D eigenvalue weighted by Crippen LogP contribution is -2.26. The van der Waals surface area contributed by atoms with Crippen molar-refractivity contribution in [3.05, 3.63) is 70.8 Å². The molecule has 2 aromatic carbocycles. The van der Waals surface area contributed by atoms with Crippen molar-refractivity contribution in [2.45, 2.75) is 32.7 Å². The number of hydrogen-bond acceptors (Lipinski definition) is 2. The summed E-state index contributed by atoms with van der Waals surface area (Å²) in [5.74, 6) is -0.947. The van der Waals surface area contributed by atoms with E-state index in [0.29, 0.717) is 24.9 Å². The van der Waals surface area contributed by atoms with Gasteiger partial charge in [0, 0.05) is 20.0 Å². The second-order valence-electron chi connectivity index (χ2n) is 5.88. The molecule has 0 saturated carbocycles. The van der Waals surface area contributed by atoms with Crippen LogP contribution >= 0.6 is 0 Å². The molecule has 0 unspecified atom stereocenters. The Morgan fingerprint density at radius 2 is 1.62 bits per heavy atom. The number of carboxylic acids is 1. The van der Waals surface area contributed by atoms with Crippen molar-refractivity contribution >= 4 is 11.9 Å². The van der Waals surface area contributed by atoms with Gasteiger partial charge in [0.2, 0.25) is 5.91 Å². The number of amides is 1. The summed E-state index contributed by atoms with van der Waals surface area (Å²) in [6, 6.07) is 15.1. The second-order valence-corrected chi connectivity index (χ2v) is 5.88. The molecule has 126 valence electrons. The number of carbonyl (C=O) groups excluding carboxylic acids is 1. The Hall–Kier alpha value is -2.62. The van der Waals surface area contributed by atoms with E-state index in [0.717, 1.165) is 12.0 Å². The average molecular weight is 325 g/mol. The maximum absolute atomic E-state index is 12.3. The van der Waals surface area contributed by atoms with Gasteiger partial charge in [-0.25, -0.2) is 4.79 Å². The minimum absolute atomic E-state index is 0.00904. The van der Waals surface area contributed by atoms with Crippen LogP contribution in [-0.2, 0) is 24.2 Å². The third kappa shape index (κ3) is 4.69. The lowest BCUT2D eigenvalue weighted by molar-refractivity contribution is -0.130. The predicted octanol–water partition coefficient (Wildman–Crippen LogP) is 3.54. The number of aryl methyl sites for hydroxylation is 2. The monoisotopic (exact) mass is 325 g/mol. The number of hydrogen-bond donors (Lipinski definition) is 1. The fourth-order valence-electron chi connectivity index (χ4n) is 2.62. The van der Waals surface area contributed by atoms with Crippen LogP contribution in [-0.4, -0.2) is 28.9 Å². The maximum atomic E-state index is 12.3. The molecule has 2 aromatic rings. The van der Waals surface area contributed by atoms with Gasteiger partial charge in [-0.3, -0.25) is 4.79 Å². The highest BCUT2D eigenvalue weighted by Gasteiger charge is 2.13. The first-order valence-corrected chi connectivity index (χ1v) is 8.14. The zero-order chi connectivity index (χ0) is 17.5. The molecule has 0 radical (unpaired) electrons. The quantitative estimate of drug-likeness (QED) is 0.847.